The molecule has 1 aliphatic rings. The van der Waals surface area contributed by atoms with E-state index in [9.17, 15) is 0 Å². The fraction of sp³-hybridized carbons (Fsp3) is 0.571. The van der Waals surface area contributed by atoms with Crippen LogP contribution in [0.5, 0.6) is 0 Å². The van der Waals surface area contributed by atoms with Crippen LogP contribution in [0.1, 0.15) is 31.7 Å². The van der Waals surface area contributed by atoms with E-state index in [0.717, 1.165) is 19.8 Å². The Bertz CT molecular complexity index is 299. The lowest BCUT2D eigenvalue weighted by atomic mass is 10.1. The minimum atomic E-state index is 0.462. The molecule has 16 heavy (non-hydrogen) atoms. The molecular weight excluding hydrogens is 198 g/mol. The zero-order chi connectivity index (χ0) is 11.2. The van der Waals surface area contributed by atoms with Crippen LogP contribution < -0.4 is 0 Å². The van der Waals surface area contributed by atoms with Gasteiger partial charge in [-0.05, 0) is 12.0 Å². The lowest BCUT2D eigenvalue weighted by Gasteiger charge is -2.13. The van der Waals surface area contributed by atoms with Crippen LogP contribution in [0.15, 0.2) is 30.3 Å². The van der Waals surface area contributed by atoms with Gasteiger partial charge in [0.25, 0.3) is 0 Å². The summed E-state index contributed by atoms with van der Waals surface area (Å²) < 4.78 is 5.77. The second kappa shape index (κ2) is 6.02. The minimum absolute atomic E-state index is 0.462. The van der Waals surface area contributed by atoms with Gasteiger partial charge in [-0.2, -0.15) is 0 Å². The first-order valence-electron chi connectivity index (χ1n) is 6.26. The van der Waals surface area contributed by atoms with Crippen molar-refractivity contribution in [3.05, 3.63) is 35.9 Å². The highest BCUT2D eigenvalue weighted by Crippen LogP contribution is 2.16. The monoisotopic (exact) mass is 219 g/mol. The first kappa shape index (κ1) is 11.6. The Labute approximate surface area is 98.2 Å². The molecule has 1 aromatic rings. The van der Waals surface area contributed by atoms with Crippen LogP contribution in [0.2, 0.25) is 0 Å². The molecule has 0 aromatic heterocycles. The van der Waals surface area contributed by atoms with E-state index in [1.165, 1.54) is 24.8 Å². The molecule has 1 unspecified atom stereocenters. The second-order valence-electron chi connectivity index (χ2n) is 4.56. The van der Waals surface area contributed by atoms with E-state index in [0.29, 0.717) is 6.10 Å². The zero-order valence-electron chi connectivity index (χ0n) is 10.1. The molecule has 2 heteroatoms. The third kappa shape index (κ3) is 3.32. The molecule has 1 aromatic carbocycles. The summed E-state index contributed by atoms with van der Waals surface area (Å²) in [7, 11) is 0. The molecule has 0 aliphatic carbocycles. The quantitative estimate of drug-likeness (QED) is 0.754. The summed E-state index contributed by atoms with van der Waals surface area (Å²) in [5.74, 6) is 0. The van der Waals surface area contributed by atoms with E-state index in [1.807, 2.05) is 0 Å². The van der Waals surface area contributed by atoms with E-state index in [1.54, 1.807) is 0 Å². The van der Waals surface area contributed by atoms with E-state index in [4.69, 9.17) is 4.74 Å². The normalized spacial score (nSPS) is 21.4. The highest BCUT2D eigenvalue weighted by molar-refractivity contribution is 5.14. The first-order chi connectivity index (χ1) is 7.88. The van der Waals surface area contributed by atoms with E-state index in [-0.39, 0.29) is 0 Å². The van der Waals surface area contributed by atoms with Gasteiger partial charge < -0.3 is 4.74 Å². The van der Waals surface area contributed by atoms with Crippen molar-refractivity contribution in [2.24, 2.45) is 0 Å². The Morgan fingerprint density at radius 1 is 1.31 bits per heavy atom. The highest BCUT2D eigenvalue weighted by atomic mass is 16.5. The van der Waals surface area contributed by atoms with Crippen LogP contribution in [-0.4, -0.2) is 24.3 Å². The predicted octanol–water partition coefficient (Wildman–Crippen LogP) is 3.04. The Morgan fingerprint density at radius 2 is 2.12 bits per heavy atom. The Hall–Kier alpha value is -0.860. The molecule has 1 aliphatic heterocycles. The van der Waals surface area contributed by atoms with Crippen molar-refractivity contribution in [1.29, 1.82) is 0 Å². The molecule has 1 fully saturated rings. The van der Waals surface area contributed by atoms with Gasteiger partial charge in [0.2, 0.25) is 0 Å². The number of hydrogen-bond acceptors (Lipinski definition) is 2. The molecule has 0 N–H and O–H groups in total. The van der Waals surface area contributed by atoms with E-state index >= 15 is 0 Å². The number of benzene rings is 1. The standard InChI is InChI=1S/C14H21NO/c1-2-3-9-14-11-15(12-16-14)10-13-7-5-4-6-8-13/h4-8,14H,2-3,9-12H2,1H3. The molecule has 0 spiro atoms. The maximum Gasteiger partial charge on any atom is 0.0998 e. The summed E-state index contributed by atoms with van der Waals surface area (Å²) >= 11 is 0. The number of ether oxygens (including phenoxy) is 1. The van der Waals surface area contributed by atoms with Crippen molar-refractivity contribution in [3.8, 4) is 0 Å². The lowest BCUT2D eigenvalue weighted by molar-refractivity contribution is 0.0822. The number of nitrogens with zero attached hydrogens (tertiary/aromatic N) is 1. The molecule has 0 amide bonds. The van der Waals surface area contributed by atoms with Gasteiger partial charge in [0.15, 0.2) is 0 Å². The van der Waals surface area contributed by atoms with Crippen molar-refractivity contribution >= 4 is 0 Å². The molecular formula is C14H21NO. The SMILES string of the molecule is CCCCC1CN(Cc2ccccc2)CO1. The van der Waals surface area contributed by atoms with Gasteiger partial charge in [0, 0.05) is 13.1 Å². The largest absolute Gasteiger partial charge is 0.362 e. The lowest BCUT2D eigenvalue weighted by Crippen LogP contribution is -2.21. The summed E-state index contributed by atoms with van der Waals surface area (Å²) in [5.41, 5.74) is 1.38. The van der Waals surface area contributed by atoms with Gasteiger partial charge in [-0.3, -0.25) is 4.90 Å². The van der Waals surface area contributed by atoms with Gasteiger partial charge in [-0.25, -0.2) is 0 Å². The molecule has 0 saturated carbocycles. The van der Waals surface area contributed by atoms with Crippen LogP contribution in [-0.2, 0) is 11.3 Å². The van der Waals surface area contributed by atoms with Crippen LogP contribution in [0.4, 0.5) is 0 Å². The van der Waals surface area contributed by atoms with Crippen molar-refractivity contribution in [2.45, 2.75) is 38.8 Å². The fourth-order valence-electron chi connectivity index (χ4n) is 2.16. The van der Waals surface area contributed by atoms with E-state index < -0.39 is 0 Å². The third-order valence-corrected chi connectivity index (χ3v) is 3.08. The fourth-order valence-corrected chi connectivity index (χ4v) is 2.16. The van der Waals surface area contributed by atoms with Crippen molar-refractivity contribution in [3.63, 3.8) is 0 Å². The molecule has 1 heterocycles. The average Bonchev–Trinajstić information content (AvgIpc) is 2.75. The second-order valence-corrected chi connectivity index (χ2v) is 4.56. The van der Waals surface area contributed by atoms with Gasteiger partial charge in [-0.1, -0.05) is 50.1 Å². The van der Waals surface area contributed by atoms with Gasteiger partial charge in [-0.15, -0.1) is 0 Å². The highest BCUT2D eigenvalue weighted by Gasteiger charge is 2.22. The molecule has 2 nitrogen and oxygen atoms in total. The number of hydrogen-bond donors (Lipinski definition) is 0. The molecule has 1 saturated heterocycles. The summed E-state index contributed by atoms with van der Waals surface area (Å²) in [4.78, 5) is 2.38. The minimum Gasteiger partial charge on any atom is -0.362 e. The van der Waals surface area contributed by atoms with Crippen LogP contribution >= 0.6 is 0 Å². The maximum atomic E-state index is 5.77. The predicted molar refractivity (Wildman–Crippen MR) is 66.1 cm³/mol. The number of rotatable bonds is 5. The average molecular weight is 219 g/mol. The molecule has 0 bridgehead atoms. The Balaban J connectivity index is 1.76. The zero-order valence-corrected chi connectivity index (χ0v) is 10.1. The molecule has 88 valence electrons. The summed E-state index contributed by atoms with van der Waals surface area (Å²) in [6.45, 7) is 5.14. The van der Waals surface area contributed by atoms with Crippen LogP contribution in [0.3, 0.4) is 0 Å². The van der Waals surface area contributed by atoms with E-state index in [2.05, 4.69) is 42.2 Å². The summed E-state index contributed by atoms with van der Waals surface area (Å²) in [6, 6.07) is 10.6. The smallest absolute Gasteiger partial charge is 0.0998 e. The molecule has 0 radical (unpaired) electrons. The van der Waals surface area contributed by atoms with Crippen molar-refractivity contribution in [2.75, 3.05) is 13.3 Å². The van der Waals surface area contributed by atoms with Gasteiger partial charge in [0.05, 0.1) is 12.8 Å². The van der Waals surface area contributed by atoms with Crippen molar-refractivity contribution in [1.82, 2.24) is 4.90 Å². The van der Waals surface area contributed by atoms with Gasteiger partial charge in [0.1, 0.15) is 0 Å². The maximum absolute atomic E-state index is 5.77. The summed E-state index contributed by atoms with van der Waals surface area (Å²) in [5, 5.41) is 0. The Kier molecular flexibility index (Phi) is 4.37. The molecule has 2 rings (SSSR count). The molecule has 1 atom stereocenters. The van der Waals surface area contributed by atoms with Crippen LogP contribution in [0.25, 0.3) is 0 Å². The number of unbranched alkanes of at least 4 members (excludes halogenated alkanes) is 1. The summed E-state index contributed by atoms with van der Waals surface area (Å²) in [6.07, 6.45) is 4.22. The topological polar surface area (TPSA) is 12.5 Å². The van der Waals surface area contributed by atoms with Gasteiger partial charge >= 0.3 is 0 Å². The van der Waals surface area contributed by atoms with Crippen LogP contribution in [0, 0.1) is 0 Å². The third-order valence-electron chi connectivity index (χ3n) is 3.08. The first-order valence-corrected chi connectivity index (χ1v) is 6.26. The Morgan fingerprint density at radius 3 is 2.88 bits per heavy atom. The van der Waals surface area contributed by atoms with Crippen molar-refractivity contribution < 1.29 is 4.74 Å².